The molecule has 4 rings (SSSR count). The van der Waals surface area contributed by atoms with Crippen LogP contribution in [0.15, 0.2) is 82.4 Å². The normalized spacial score (nSPS) is 12.7. The van der Waals surface area contributed by atoms with Crippen molar-refractivity contribution in [3.63, 3.8) is 0 Å². The maximum absolute atomic E-state index is 13.2. The molecule has 0 saturated heterocycles. The average Bonchev–Trinajstić information content (AvgIpc) is 3.39. The van der Waals surface area contributed by atoms with Gasteiger partial charge in [0.2, 0.25) is 5.91 Å². The number of rotatable bonds is 13. The number of aliphatic hydroxyl groups excluding tert-OH is 1. The summed E-state index contributed by atoms with van der Waals surface area (Å²) in [4.78, 5) is 44.8. The van der Waals surface area contributed by atoms with Crippen molar-refractivity contribution < 1.29 is 37.4 Å². The number of carbonyl (C=O) groups excluding carboxylic acids is 2. The first-order valence-corrected chi connectivity index (χ1v) is 15.3. The second-order valence-electron chi connectivity index (χ2n) is 10.1. The van der Waals surface area contributed by atoms with Crippen LogP contribution in [0, 0.1) is 0 Å². The fourth-order valence-electron chi connectivity index (χ4n) is 4.64. The highest BCUT2D eigenvalue weighted by atomic mass is 32.2. The zero-order chi connectivity index (χ0) is 31.9. The number of furan rings is 1. The first-order valence-electron chi connectivity index (χ1n) is 13.8. The van der Waals surface area contributed by atoms with E-state index in [1.165, 1.54) is 24.5 Å². The fourth-order valence-corrected chi connectivity index (χ4v) is 5.84. The van der Waals surface area contributed by atoms with Crippen LogP contribution in [-0.4, -0.2) is 58.5 Å². The van der Waals surface area contributed by atoms with E-state index in [2.05, 4.69) is 15.3 Å². The van der Waals surface area contributed by atoms with E-state index in [1.54, 1.807) is 48.5 Å². The van der Waals surface area contributed by atoms with Crippen LogP contribution in [0.4, 0.5) is 0 Å². The van der Waals surface area contributed by atoms with E-state index in [4.69, 9.17) is 4.42 Å². The molecule has 0 aliphatic carbocycles. The molecule has 2 atom stereocenters. The van der Waals surface area contributed by atoms with Crippen molar-refractivity contribution in [2.45, 2.75) is 56.6 Å². The number of nitrogens with zero attached hydrogens (tertiary/aromatic N) is 2. The summed E-state index contributed by atoms with van der Waals surface area (Å²) in [5.74, 6) is -2.43. The molecule has 13 heteroatoms. The topological polar surface area (TPSA) is 189 Å². The Labute approximate surface area is 254 Å². The maximum Gasteiger partial charge on any atom is 0.334 e. The lowest BCUT2D eigenvalue weighted by Crippen LogP contribution is -2.48. The van der Waals surface area contributed by atoms with E-state index in [9.17, 15) is 33.0 Å². The highest BCUT2D eigenvalue weighted by Gasteiger charge is 2.29. The highest BCUT2D eigenvalue weighted by molar-refractivity contribution is 7.90. The van der Waals surface area contributed by atoms with Gasteiger partial charge in [-0.1, -0.05) is 61.9 Å². The molecule has 0 bridgehead atoms. The van der Waals surface area contributed by atoms with Crippen molar-refractivity contribution >= 4 is 27.8 Å². The van der Waals surface area contributed by atoms with Crippen molar-refractivity contribution in [2.75, 3.05) is 0 Å². The molecule has 2 unspecified atom stereocenters. The molecule has 0 aliphatic rings. The van der Waals surface area contributed by atoms with Gasteiger partial charge in [-0.15, -0.1) is 0 Å². The molecule has 230 valence electrons. The Morgan fingerprint density at radius 1 is 1.00 bits per heavy atom. The maximum atomic E-state index is 13.2. The number of hydrogen-bond acceptors (Lipinski definition) is 9. The molecule has 0 spiro atoms. The van der Waals surface area contributed by atoms with E-state index >= 15 is 0 Å². The number of nitrogens with one attached hydrogen (secondary N) is 2. The largest absolute Gasteiger partial charge is 0.479 e. The summed E-state index contributed by atoms with van der Waals surface area (Å²) in [5.41, 5.74) is 2.51. The summed E-state index contributed by atoms with van der Waals surface area (Å²) >= 11 is 0. The Morgan fingerprint density at radius 3 is 2.34 bits per heavy atom. The molecular weight excluding hydrogens is 588 g/mol. The van der Waals surface area contributed by atoms with Crippen molar-refractivity contribution in [2.24, 2.45) is 0 Å². The van der Waals surface area contributed by atoms with E-state index in [-0.39, 0.29) is 34.8 Å². The predicted octanol–water partition coefficient (Wildman–Crippen LogP) is 2.89. The number of aliphatic carboxylic acids is 1. The number of hydrogen-bond donors (Lipinski definition) is 4. The van der Waals surface area contributed by atoms with Crippen LogP contribution < -0.4 is 10.0 Å². The van der Waals surface area contributed by atoms with E-state index in [0.717, 1.165) is 24.5 Å². The molecule has 44 heavy (non-hydrogen) atoms. The number of aromatic nitrogens is 2. The number of aryl methyl sites for hydroxylation is 1. The number of amides is 2. The van der Waals surface area contributed by atoms with Gasteiger partial charge in [-0.2, -0.15) is 0 Å². The van der Waals surface area contributed by atoms with Gasteiger partial charge in [0.25, 0.3) is 15.9 Å². The van der Waals surface area contributed by atoms with Gasteiger partial charge < -0.3 is 19.9 Å². The number of carboxylic acid groups (broad SMARTS) is 1. The van der Waals surface area contributed by atoms with Crippen molar-refractivity contribution in [1.82, 2.24) is 20.0 Å². The van der Waals surface area contributed by atoms with E-state index < -0.39 is 40.0 Å². The minimum absolute atomic E-state index is 0.0409. The third-order valence-corrected chi connectivity index (χ3v) is 8.16. The van der Waals surface area contributed by atoms with E-state index in [0.29, 0.717) is 17.9 Å². The van der Waals surface area contributed by atoms with Gasteiger partial charge in [-0.25, -0.2) is 17.9 Å². The minimum atomic E-state index is -4.12. The summed E-state index contributed by atoms with van der Waals surface area (Å²) < 4.78 is 33.2. The summed E-state index contributed by atoms with van der Waals surface area (Å²) in [7, 11) is -4.12. The first kappa shape index (κ1) is 32.0. The number of benzene rings is 2. The van der Waals surface area contributed by atoms with Crippen LogP contribution in [-0.2, 0) is 38.9 Å². The van der Waals surface area contributed by atoms with Crippen molar-refractivity contribution in [3.05, 3.63) is 101 Å². The van der Waals surface area contributed by atoms with Gasteiger partial charge in [-0.05, 0) is 36.1 Å². The number of carbonyl (C=O) groups is 3. The third kappa shape index (κ3) is 7.94. The summed E-state index contributed by atoms with van der Waals surface area (Å²) in [5, 5.41) is 22.3. The lowest BCUT2D eigenvalue weighted by atomic mass is 10.0. The van der Waals surface area contributed by atoms with Gasteiger partial charge in [-0.3, -0.25) is 19.6 Å². The summed E-state index contributed by atoms with van der Waals surface area (Å²) in [6.07, 6.45) is 2.65. The summed E-state index contributed by atoms with van der Waals surface area (Å²) in [6.45, 7) is 3.07. The van der Waals surface area contributed by atoms with Gasteiger partial charge in [0.05, 0.1) is 34.9 Å². The Morgan fingerprint density at radius 2 is 1.70 bits per heavy atom. The molecule has 4 N–H and O–H groups in total. The monoisotopic (exact) mass is 620 g/mol. The van der Waals surface area contributed by atoms with Gasteiger partial charge in [0.15, 0.2) is 11.9 Å². The molecule has 0 radical (unpaired) electrons. The second-order valence-corrected chi connectivity index (χ2v) is 11.7. The molecule has 0 fully saturated rings. The number of sulfonamides is 1. The van der Waals surface area contributed by atoms with Gasteiger partial charge >= 0.3 is 5.97 Å². The van der Waals surface area contributed by atoms with E-state index in [1.807, 2.05) is 11.6 Å². The first-order chi connectivity index (χ1) is 21.0. The standard InChI is InChI=1S/C31H32N4O8S/c1-3-9-21-15-27(30(38)34-24(29(37)31(39)40)14-20-10-5-4-6-11-20)43-26(21)16-22-17-33-25(18-32-22)23-12-7-8-13-28(23)44(41,42)35-19(2)36/h4-8,10-13,15,17-18,24,29,37H,3,9,14,16H2,1-2H3,(H,34,38)(H,35,36)(H,39,40). The molecule has 2 aromatic heterocycles. The molecule has 2 aromatic carbocycles. The molecule has 0 saturated carbocycles. The highest BCUT2D eigenvalue weighted by Crippen LogP contribution is 2.26. The van der Waals surface area contributed by atoms with Crippen LogP contribution in [0.1, 0.15) is 53.4 Å². The summed E-state index contributed by atoms with van der Waals surface area (Å²) in [6, 6.07) is 15.5. The number of aliphatic hydroxyl groups is 1. The minimum Gasteiger partial charge on any atom is -0.479 e. The van der Waals surface area contributed by atoms with Crippen LogP contribution in [0.3, 0.4) is 0 Å². The average molecular weight is 621 g/mol. The Balaban J connectivity index is 1.55. The van der Waals surface area contributed by atoms with Gasteiger partial charge in [0.1, 0.15) is 5.76 Å². The lowest BCUT2D eigenvalue weighted by molar-refractivity contribution is -0.148. The third-order valence-electron chi connectivity index (χ3n) is 6.67. The smallest absolute Gasteiger partial charge is 0.334 e. The predicted molar refractivity (Wildman–Crippen MR) is 159 cm³/mol. The Kier molecular flexibility index (Phi) is 10.2. The molecule has 2 heterocycles. The molecule has 2 amide bonds. The van der Waals surface area contributed by atoms with Crippen LogP contribution in [0.5, 0.6) is 0 Å². The molecule has 4 aromatic rings. The lowest BCUT2D eigenvalue weighted by Gasteiger charge is -2.21. The fraction of sp³-hybridized carbons (Fsp3) is 0.258. The number of carboxylic acids is 1. The van der Waals surface area contributed by atoms with Crippen molar-refractivity contribution in [1.29, 1.82) is 0 Å². The zero-order valence-corrected chi connectivity index (χ0v) is 24.9. The SMILES string of the molecule is CCCc1cc(C(=O)NC(Cc2ccccc2)C(O)C(=O)O)oc1Cc1cnc(-c2ccccc2S(=O)(=O)NC(C)=O)cn1. The van der Waals surface area contributed by atoms with Crippen molar-refractivity contribution in [3.8, 4) is 11.3 Å². The zero-order valence-electron chi connectivity index (χ0n) is 24.1. The van der Waals surface area contributed by atoms with Gasteiger partial charge in [0, 0.05) is 18.7 Å². The quantitative estimate of drug-likeness (QED) is 0.173. The Hall–Kier alpha value is -4.88. The van der Waals surface area contributed by atoms with Crippen LogP contribution in [0.2, 0.25) is 0 Å². The molecular formula is C31H32N4O8S. The second kappa shape index (κ2) is 14.1. The van der Waals surface area contributed by atoms with Crippen LogP contribution >= 0.6 is 0 Å². The molecule has 12 nitrogen and oxygen atoms in total. The van der Waals surface area contributed by atoms with Crippen LogP contribution in [0.25, 0.3) is 11.3 Å². The Bertz CT molecular complexity index is 1740. The molecule has 0 aliphatic heterocycles.